The van der Waals surface area contributed by atoms with Crippen LogP contribution in [0.1, 0.15) is 40.5 Å². The molecular formula is C22H19NO3. The van der Waals surface area contributed by atoms with Crippen LogP contribution in [0.25, 0.3) is 0 Å². The van der Waals surface area contributed by atoms with Crippen LogP contribution in [0.2, 0.25) is 0 Å². The Hall–Kier alpha value is -2.75. The number of amides is 2. The maximum atomic E-state index is 13.3. The molecule has 3 aliphatic carbocycles. The number of fused-ring (bicyclic) bond motifs is 1. The SMILES string of the molecule is Cc1ccc(C)c(N2C(=O)[C@@H]3[C@@H](C2=O)[C@@H]2C(=O)C[C@@H]3c3ccccc32)c1. The van der Waals surface area contributed by atoms with Crippen molar-refractivity contribution in [3.63, 3.8) is 0 Å². The number of Topliss-reactive ketones (excluding diaryl/α,β-unsaturated/α-hetero) is 1. The van der Waals surface area contributed by atoms with E-state index in [-0.39, 0.29) is 23.5 Å². The summed E-state index contributed by atoms with van der Waals surface area (Å²) in [7, 11) is 0. The normalized spacial score (nSPS) is 29.2. The Bertz CT molecular complexity index is 993. The largest absolute Gasteiger partial charge is 0.299 e. The minimum atomic E-state index is -0.552. The van der Waals surface area contributed by atoms with Gasteiger partial charge < -0.3 is 0 Å². The average Bonchev–Trinajstić information content (AvgIpc) is 2.89. The number of nitrogens with zero attached hydrogens (tertiary/aromatic N) is 1. The molecular weight excluding hydrogens is 326 g/mol. The van der Waals surface area contributed by atoms with Gasteiger partial charge in [-0.1, -0.05) is 36.4 Å². The molecule has 1 aliphatic heterocycles. The molecule has 0 N–H and O–H groups in total. The van der Waals surface area contributed by atoms with Gasteiger partial charge in [0.15, 0.2) is 0 Å². The summed E-state index contributed by atoms with van der Waals surface area (Å²) in [6.45, 7) is 3.86. The second-order valence-corrected chi connectivity index (χ2v) is 7.74. The van der Waals surface area contributed by atoms with Crippen LogP contribution in [-0.2, 0) is 14.4 Å². The smallest absolute Gasteiger partial charge is 0.238 e. The maximum absolute atomic E-state index is 13.3. The summed E-state index contributed by atoms with van der Waals surface area (Å²) < 4.78 is 0. The molecule has 0 spiro atoms. The zero-order chi connectivity index (χ0) is 18.2. The highest BCUT2D eigenvalue weighted by molar-refractivity contribution is 6.25. The van der Waals surface area contributed by atoms with Crippen LogP contribution in [-0.4, -0.2) is 17.6 Å². The van der Waals surface area contributed by atoms with Gasteiger partial charge in [0, 0.05) is 12.3 Å². The quantitative estimate of drug-likeness (QED) is 0.746. The second-order valence-electron chi connectivity index (χ2n) is 7.74. The van der Waals surface area contributed by atoms with Crippen molar-refractivity contribution in [1.29, 1.82) is 0 Å². The Labute approximate surface area is 151 Å². The number of carbonyl (C=O) groups excluding carboxylic acids is 3. The van der Waals surface area contributed by atoms with Crippen molar-refractivity contribution in [2.24, 2.45) is 11.8 Å². The van der Waals surface area contributed by atoms with E-state index in [1.807, 2.05) is 56.3 Å². The van der Waals surface area contributed by atoms with Crippen molar-refractivity contribution in [3.05, 3.63) is 64.7 Å². The Balaban J connectivity index is 1.68. The van der Waals surface area contributed by atoms with Gasteiger partial charge >= 0.3 is 0 Å². The second kappa shape index (κ2) is 5.13. The first-order valence-corrected chi connectivity index (χ1v) is 9.05. The molecule has 2 amide bonds. The number of aryl methyl sites for hydroxylation is 2. The molecule has 6 rings (SSSR count). The van der Waals surface area contributed by atoms with Crippen molar-refractivity contribution in [2.75, 3.05) is 4.90 Å². The number of hydrogen-bond donors (Lipinski definition) is 0. The first-order chi connectivity index (χ1) is 12.5. The molecule has 130 valence electrons. The fourth-order valence-electron chi connectivity index (χ4n) is 5.16. The van der Waals surface area contributed by atoms with E-state index in [0.29, 0.717) is 12.1 Å². The lowest BCUT2D eigenvalue weighted by molar-refractivity contribution is -0.134. The first-order valence-electron chi connectivity index (χ1n) is 9.05. The highest BCUT2D eigenvalue weighted by Crippen LogP contribution is 2.57. The highest BCUT2D eigenvalue weighted by Gasteiger charge is 2.62. The molecule has 1 saturated carbocycles. The van der Waals surface area contributed by atoms with Crippen molar-refractivity contribution in [3.8, 4) is 0 Å². The van der Waals surface area contributed by atoms with Crippen molar-refractivity contribution < 1.29 is 14.4 Å². The van der Waals surface area contributed by atoms with Crippen LogP contribution in [0.5, 0.6) is 0 Å². The summed E-state index contributed by atoms with van der Waals surface area (Å²) in [5, 5.41) is 0. The standard InChI is InChI=1S/C22H19NO3/c1-11-7-8-12(2)16(9-11)23-21(25)19-15-10-17(24)18(20(19)22(23)26)14-6-4-3-5-13(14)15/h3-9,15,18-20H,10H2,1-2H3/t15-,18+,19+,20+/m1/s1. The molecule has 2 aromatic carbocycles. The minimum absolute atomic E-state index is 0.0962. The molecule has 4 aliphatic rings. The predicted octanol–water partition coefficient (Wildman–Crippen LogP) is 3.26. The molecule has 4 nitrogen and oxygen atoms in total. The van der Waals surface area contributed by atoms with Gasteiger partial charge in [-0.3, -0.25) is 14.4 Å². The Morgan fingerprint density at radius 1 is 0.885 bits per heavy atom. The number of benzene rings is 2. The molecule has 4 atom stereocenters. The van der Waals surface area contributed by atoms with E-state index in [4.69, 9.17) is 0 Å². The van der Waals surface area contributed by atoms with Gasteiger partial charge in [-0.15, -0.1) is 0 Å². The summed E-state index contributed by atoms with van der Waals surface area (Å²) >= 11 is 0. The topological polar surface area (TPSA) is 54.5 Å². The Morgan fingerprint density at radius 3 is 2.35 bits per heavy atom. The highest BCUT2D eigenvalue weighted by atomic mass is 16.2. The molecule has 2 fully saturated rings. The molecule has 2 aromatic rings. The third kappa shape index (κ3) is 1.82. The summed E-state index contributed by atoms with van der Waals surface area (Å²) in [4.78, 5) is 40.7. The van der Waals surface area contributed by atoms with Gasteiger partial charge in [-0.05, 0) is 42.2 Å². The zero-order valence-electron chi connectivity index (χ0n) is 14.7. The van der Waals surface area contributed by atoms with E-state index < -0.39 is 17.8 Å². The Kier molecular flexibility index (Phi) is 3.06. The molecule has 26 heavy (non-hydrogen) atoms. The van der Waals surface area contributed by atoms with E-state index >= 15 is 0 Å². The fraction of sp³-hybridized carbons (Fsp3) is 0.318. The number of rotatable bonds is 1. The van der Waals surface area contributed by atoms with E-state index in [1.54, 1.807) is 0 Å². The van der Waals surface area contributed by atoms with Gasteiger partial charge in [0.05, 0.1) is 23.4 Å². The third-order valence-corrected chi connectivity index (χ3v) is 6.29. The number of imide groups is 1. The number of anilines is 1. The first kappa shape index (κ1) is 15.5. The van der Waals surface area contributed by atoms with E-state index in [9.17, 15) is 14.4 Å². The summed E-state index contributed by atoms with van der Waals surface area (Å²) in [5.41, 5.74) is 4.57. The Morgan fingerprint density at radius 2 is 1.58 bits per heavy atom. The average molecular weight is 345 g/mol. The van der Waals surface area contributed by atoms with E-state index in [1.165, 1.54) is 4.90 Å². The molecule has 0 unspecified atom stereocenters. The lowest BCUT2D eigenvalue weighted by Gasteiger charge is -2.43. The van der Waals surface area contributed by atoms with Gasteiger partial charge in [0.25, 0.3) is 0 Å². The molecule has 1 heterocycles. The number of hydrogen-bond acceptors (Lipinski definition) is 3. The van der Waals surface area contributed by atoms with Crippen LogP contribution in [0.4, 0.5) is 5.69 Å². The van der Waals surface area contributed by atoms with Gasteiger partial charge in [0.1, 0.15) is 5.78 Å². The summed E-state index contributed by atoms with van der Waals surface area (Å²) in [6.07, 6.45) is 0.364. The van der Waals surface area contributed by atoms with E-state index in [0.717, 1.165) is 22.3 Å². The van der Waals surface area contributed by atoms with Gasteiger partial charge in [-0.2, -0.15) is 0 Å². The lowest BCUT2D eigenvalue weighted by Crippen LogP contribution is -2.44. The van der Waals surface area contributed by atoms with Gasteiger partial charge in [0.2, 0.25) is 11.8 Å². The van der Waals surface area contributed by atoms with Crippen molar-refractivity contribution in [2.45, 2.75) is 32.1 Å². The fourth-order valence-corrected chi connectivity index (χ4v) is 5.16. The zero-order valence-corrected chi connectivity index (χ0v) is 14.7. The summed E-state index contributed by atoms with van der Waals surface area (Å²) in [6, 6.07) is 13.6. The minimum Gasteiger partial charge on any atom is -0.299 e. The molecule has 1 saturated heterocycles. The third-order valence-electron chi connectivity index (χ3n) is 6.29. The monoisotopic (exact) mass is 345 g/mol. The molecule has 0 radical (unpaired) electrons. The van der Waals surface area contributed by atoms with Crippen molar-refractivity contribution in [1.82, 2.24) is 0 Å². The molecule has 0 aromatic heterocycles. The summed E-state index contributed by atoms with van der Waals surface area (Å²) in [5.74, 6) is -1.90. The number of carbonyl (C=O) groups is 3. The maximum Gasteiger partial charge on any atom is 0.238 e. The molecule has 4 heteroatoms. The van der Waals surface area contributed by atoms with Gasteiger partial charge in [-0.25, -0.2) is 4.90 Å². The van der Waals surface area contributed by atoms with Crippen LogP contribution >= 0.6 is 0 Å². The molecule has 2 bridgehead atoms. The van der Waals surface area contributed by atoms with Crippen LogP contribution in [0.15, 0.2) is 42.5 Å². The predicted molar refractivity (Wildman–Crippen MR) is 96.9 cm³/mol. The van der Waals surface area contributed by atoms with Crippen LogP contribution in [0, 0.1) is 25.7 Å². The lowest BCUT2D eigenvalue weighted by atomic mass is 9.56. The van der Waals surface area contributed by atoms with Crippen molar-refractivity contribution >= 4 is 23.3 Å². The number of ketones is 1. The van der Waals surface area contributed by atoms with Crippen LogP contribution in [0.3, 0.4) is 0 Å². The van der Waals surface area contributed by atoms with E-state index in [2.05, 4.69) is 0 Å². The van der Waals surface area contributed by atoms with Crippen LogP contribution < -0.4 is 4.90 Å².